The third-order valence-electron chi connectivity index (χ3n) is 2.04. The Kier molecular flexibility index (Phi) is 3.60. The van der Waals surface area contributed by atoms with Crippen LogP contribution in [-0.4, -0.2) is 4.98 Å². The zero-order chi connectivity index (χ0) is 11.7. The molecule has 0 radical (unpaired) electrons. The van der Waals surface area contributed by atoms with Crippen molar-refractivity contribution in [2.24, 2.45) is 0 Å². The molecular formula is C11H5Cl4N. The van der Waals surface area contributed by atoms with Crippen LogP contribution < -0.4 is 0 Å². The Labute approximate surface area is 113 Å². The highest BCUT2D eigenvalue weighted by atomic mass is 35.5. The second kappa shape index (κ2) is 4.80. The minimum absolute atomic E-state index is 0.356. The number of hydrogen-bond acceptors (Lipinski definition) is 1. The maximum absolute atomic E-state index is 5.94. The summed E-state index contributed by atoms with van der Waals surface area (Å²) in [7, 11) is 0. The van der Waals surface area contributed by atoms with Gasteiger partial charge in [-0.1, -0.05) is 46.4 Å². The molecule has 2 rings (SSSR count). The lowest BCUT2D eigenvalue weighted by atomic mass is 10.1. The zero-order valence-electron chi connectivity index (χ0n) is 7.85. The van der Waals surface area contributed by atoms with Crippen molar-refractivity contribution >= 4 is 46.4 Å². The van der Waals surface area contributed by atoms with Gasteiger partial charge in [0.15, 0.2) is 0 Å². The van der Waals surface area contributed by atoms with Crippen molar-refractivity contribution in [2.45, 2.75) is 0 Å². The van der Waals surface area contributed by atoms with Crippen LogP contribution in [0.1, 0.15) is 0 Å². The summed E-state index contributed by atoms with van der Waals surface area (Å²) < 4.78 is 0. The van der Waals surface area contributed by atoms with Gasteiger partial charge in [0.2, 0.25) is 0 Å². The highest BCUT2D eigenvalue weighted by Crippen LogP contribution is 2.34. The number of rotatable bonds is 1. The Morgan fingerprint density at radius 1 is 0.812 bits per heavy atom. The third-order valence-corrected chi connectivity index (χ3v) is 3.46. The van der Waals surface area contributed by atoms with Crippen molar-refractivity contribution in [3.05, 3.63) is 50.7 Å². The minimum atomic E-state index is 0.356. The monoisotopic (exact) mass is 291 g/mol. The van der Waals surface area contributed by atoms with Crippen LogP contribution >= 0.6 is 46.4 Å². The van der Waals surface area contributed by atoms with E-state index in [4.69, 9.17) is 46.4 Å². The molecule has 0 aliphatic carbocycles. The molecule has 0 atom stereocenters. The molecule has 0 N–H and O–H groups in total. The van der Waals surface area contributed by atoms with E-state index in [-0.39, 0.29) is 0 Å². The Hall–Kier alpha value is -0.470. The summed E-state index contributed by atoms with van der Waals surface area (Å²) in [6.45, 7) is 0. The summed E-state index contributed by atoms with van der Waals surface area (Å²) in [5.41, 5.74) is 1.73. The van der Waals surface area contributed by atoms with Gasteiger partial charge in [-0.15, -0.1) is 0 Å². The lowest BCUT2D eigenvalue weighted by Gasteiger charge is -2.05. The van der Waals surface area contributed by atoms with E-state index in [0.29, 0.717) is 20.2 Å². The standard InChI is InChI=1S/C11H5Cl4N/c12-8-3-7(4-9(13)11(8)15)6-1-2-10(14)16-5-6/h1-5H. The summed E-state index contributed by atoms with van der Waals surface area (Å²) in [6, 6.07) is 7.01. The fraction of sp³-hybridized carbons (Fsp3) is 0. The second-order valence-electron chi connectivity index (χ2n) is 3.12. The predicted molar refractivity (Wildman–Crippen MR) is 69.7 cm³/mol. The Morgan fingerprint density at radius 3 is 1.94 bits per heavy atom. The van der Waals surface area contributed by atoms with E-state index in [9.17, 15) is 0 Å². The van der Waals surface area contributed by atoms with Gasteiger partial charge in [0.05, 0.1) is 15.1 Å². The number of benzene rings is 1. The average molecular weight is 293 g/mol. The van der Waals surface area contributed by atoms with Gasteiger partial charge in [-0.05, 0) is 29.8 Å². The van der Waals surface area contributed by atoms with E-state index < -0.39 is 0 Å². The van der Waals surface area contributed by atoms with Crippen LogP contribution in [0.3, 0.4) is 0 Å². The Morgan fingerprint density at radius 2 is 1.44 bits per heavy atom. The second-order valence-corrected chi connectivity index (χ2v) is 4.70. The molecule has 0 saturated heterocycles. The van der Waals surface area contributed by atoms with Crippen LogP contribution in [-0.2, 0) is 0 Å². The Balaban J connectivity index is 2.52. The van der Waals surface area contributed by atoms with Gasteiger partial charge in [0, 0.05) is 11.8 Å². The molecule has 2 aromatic rings. The van der Waals surface area contributed by atoms with E-state index in [1.807, 2.05) is 6.07 Å². The lowest BCUT2D eigenvalue weighted by Crippen LogP contribution is -1.82. The van der Waals surface area contributed by atoms with E-state index in [0.717, 1.165) is 11.1 Å². The largest absolute Gasteiger partial charge is 0.244 e. The first-order valence-electron chi connectivity index (χ1n) is 4.34. The van der Waals surface area contributed by atoms with E-state index in [1.165, 1.54) is 0 Å². The van der Waals surface area contributed by atoms with Gasteiger partial charge in [0.25, 0.3) is 0 Å². The molecule has 0 spiro atoms. The topological polar surface area (TPSA) is 12.9 Å². The molecule has 1 aromatic carbocycles. The fourth-order valence-electron chi connectivity index (χ4n) is 1.27. The van der Waals surface area contributed by atoms with Crippen molar-refractivity contribution in [1.82, 2.24) is 4.98 Å². The number of nitrogens with zero attached hydrogens (tertiary/aromatic N) is 1. The maximum Gasteiger partial charge on any atom is 0.129 e. The highest BCUT2D eigenvalue weighted by molar-refractivity contribution is 6.48. The number of pyridine rings is 1. The van der Waals surface area contributed by atoms with Crippen LogP contribution in [0, 0.1) is 0 Å². The van der Waals surface area contributed by atoms with Crippen LogP contribution in [0.15, 0.2) is 30.5 Å². The summed E-state index contributed by atoms with van der Waals surface area (Å²) >= 11 is 23.4. The van der Waals surface area contributed by atoms with Crippen LogP contribution in [0.4, 0.5) is 0 Å². The normalized spacial score (nSPS) is 10.5. The maximum atomic E-state index is 5.94. The molecule has 1 heterocycles. The smallest absolute Gasteiger partial charge is 0.129 e. The molecular weight excluding hydrogens is 288 g/mol. The number of hydrogen-bond donors (Lipinski definition) is 0. The quantitative estimate of drug-likeness (QED) is 0.509. The molecule has 0 unspecified atom stereocenters. The van der Waals surface area contributed by atoms with Gasteiger partial charge in [-0.25, -0.2) is 4.98 Å². The summed E-state index contributed by atoms with van der Waals surface area (Å²) in [5.74, 6) is 0. The van der Waals surface area contributed by atoms with Gasteiger partial charge in [-0.2, -0.15) is 0 Å². The molecule has 0 bridgehead atoms. The molecule has 0 fully saturated rings. The first-order valence-corrected chi connectivity index (χ1v) is 5.85. The van der Waals surface area contributed by atoms with Gasteiger partial charge in [0.1, 0.15) is 5.15 Å². The van der Waals surface area contributed by atoms with Crippen LogP contribution in [0.2, 0.25) is 20.2 Å². The lowest BCUT2D eigenvalue weighted by molar-refractivity contribution is 1.33. The highest BCUT2D eigenvalue weighted by Gasteiger charge is 2.07. The average Bonchev–Trinajstić information content (AvgIpc) is 2.26. The van der Waals surface area contributed by atoms with E-state index in [1.54, 1.807) is 24.4 Å². The molecule has 1 nitrogen and oxygen atoms in total. The first-order chi connectivity index (χ1) is 7.58. The fourth-order valence-corrected chi connectivity index (χ4v) is 1.98. The van der Waals surface area contributed by atoms with Crippen molar-refractivity contribution in [1.29, 1.82) is 0 Å². The molecule has 1 aromatic heterocycles. The molecule has 0 aliphatic heterocycles. The van der Waals surface area contributed by atoms with Crippen molar-refractivity contribution in [2.75, 3.05) is 0 Å². The Bertz CT molecular complexity index is 499. The molecule has 5 heteroatoms. The summed E-state index contributed by atoms with van der Waals surface area (Å²) in [6.07, 6.45) is 1.65. The zero-order valence-corrected chi connectivity index (χ0v) is 10.9. The third kappa shape index (κ3) is 2.44. The van der Waals surface area contributed by atoms with Gasteiger partial charge in [-0.3, -0.25) is 0 Å². The number of aromatic nitrogens is 1. The van der Waals surface area contributed by atoms with Crippen molar-refractivity contribution < 1.29 is 0 Å². The SMILES string of the molecule is Clc1ccc(-c2cc(Cl)c(Cl)c(Cl)c2)cn1. The number of halogens is 4. The minimum Gasteiger partial charge on any atom is -0.244 e. The van der Waals surface area contributed by atoms with Gasteiger partial charge >= 0.3 is 0 Å². The molecule has 0 aliphatic rings. The van der Waals surface area contributed by atoms with E-state index >= 15 is 0 Å². The predicted octanol–water partition coefficient (Wildman–Crippen LogP) is 5.36. The van der Waals surface area contributed by atoms with Crippen molar-refractivity contribution in [3.63, 3.8) is 0 Å². The van der Waals surface area contributed by atoms with Crippen LogP contribution in [0.5, 0.6) is 0 Å². The first kappa shape index (κ1) is 12.0. The molecule has 16 heavy (non-hydrogen) atoms. The summed E-state index contributed by atoms with van der Waals surface area (Å²) in [5, 5.41) is 1.63. The molecule has 82 valence electrons. The van der Waals surface area contributed by atoms with Crippen LogP contribution in [0.25, 0.3) is 11.1 Å². The summed E-state index contributed by atoms with van der Waals surface area (Å²) in [4.78, 5) is 3.98. The van der Waals surface area contributed by atoms with E-state index in [2.05, 4.69) is 4.98 Å². The van der Waals surface area contributed by atoms with Gasteiger partial charge < -0.3 is 0 Å². The molecule has 0 amide bonds. The van der Waals surface area contributed by atoms with Crippen molar-refractivity contribution in [3.8, 4) is 11.1 Å². The molecule has 0 saturated carbocycles.